The van der Waals surface area contributed by atoms with Crippen LogP contribution in [0.5, 0.6) is 5.75 Å². The summed E-state index contributed by atoms with van der Waals surface area (Å²) in [6.45, 7) is 2.67. The lowest BCUT2D eigenvalue weighted by Crippen LogP contribution is -2.16. The summed E-state index contributed by atoms with van der Waals surface area (Å²) in [6.07, 6.45) is 1.98. The Hall–Kier alpha value is -1.88. The van der Waals surface area contributed by atoms with Gasteiger partial charge in [-0.3, -0.25) is 0 Å². The molecule has 1 aromatic carbocycles. The number of hydrogen-bond acceptors (Lipinski definition) is 5. The molecule has 1 N–H and O–H groups in total. The fourth-order valence-corrected chi connectivity index (χ4v) is 3.03. The molecule has 5 heteroatoms. The van der Waals surface area contributed by atoms with Gasteiger partial charge in [-0.2, -0.15) is 4.98 Å². The lowest BCUT2D eigenvalue weighted by Gasteiger charge is -2.23. The molecule has 20 heavy (non-hydrogen) atoms. The van der Waals surface area contributed by atoms with E-state index in [9.17, 15) is 0 Å². The standard InChI is InChI=1S/C15H17N3O2/c1-2-4-13-11(3-1)12(6-8-19-13)14-17-15(20-18-14)10-5-7-16-9-10/h1-4,10,12,16H,5-9H2. The van der Waals surface area contributed by atoms with Gasteiger partial charge < -0.3 is 14.6 Å². The van der Waals surface area contributed by atoms with Crippen LogP contribution in [0.3, 0.4) is 0 Å². The van der Waals surface area contributed by atoms with Crippen LogP contribution in [-0.2, 0) is 0 Å². The Balaban J connectivity index is 1.65. The Kier molecular flexibility index (Phi) is 2.92. The summed E-state index contributed by atoms with van der Waals surface area (Å²) in [4.78, 5) is 4.64. The minimum Gasteiger partial charge on any atom is -0.493 e. The molecule has 0 amide bonds. The number of ether oxygens (including phenoxy) is 1. The highest BCUT2D eigenvalue weighted by Gasteiger charge is 2.29. The van der Waals surface area contributed by atoms with Crippen molar-refractivity contribution in [3.63, 3.8) is 0 Å². The van der Waals surface area contributed by atoms with Crippen molar-refractivity contribution >= 4 is 0 Å². The molecule has 0 radical (unpaired) electrons. The first kappa shape index (κ1) is 11.9. The van der Waals surface area contributed by atoms with E-state index < -0.39 is 0 Å². The minimum absolute atomic E-state index is 0.187. The zero-order valence-corrected chi connectivity index (χ0v) is 11.2. The van der Waals surface area contributed by atoms with E-state index in [2.05, 4.69) is 21.5 Å². The molecule has 104 valence electrons. The molecule has 2 aromatic rings. The monoisotopic (exact) mass is 271 g/mol. The lowest BCUT2D eigenvalue weighted by molar-refractivity contribution is 0.272. The maximum atomic E-state index is 5.69. The molecule has 2 unspecified atom stereocenters. The molecule has 5 nitrogen and oxygen atoms in total. The van der Waals surface area contributed by atoms with Crippen molar-refractivity contribution in [2.75, 3.05) is 19.7 Å². The molecule has 2 aliphatic heterocycles. The van der Waals surface area contributed by atoms with Crippen LogP contribution in [-0.4, -0.2) is 29.8 Å². The van der Waals surface area contributed by atoms with Crippen molar-refractivity contribution in [2.24, 2.45) is 0 Å². The van der Waals surface area contributed by atoms with E-state index in [0.717, 1.165) is 49.0 Å². The smallest absolute Gasteiger partial charge is 0.231 e. The number of nitrogens with one attached hydrogen (secondary N) is 1. The topological polar surface area (TPSA) is 60.2 Å². The minimum atomic E-state index is 0.187. The average molecular weight is 271 g/mol. The summed E-state index contributed by atoms with van der Waals surface area (Å²) in [5.74, 6) is 3.06. The Morgan fingerprint density at radius 1 is 1.20 bits per heavy atom. The normalized spacial score (nSPS) is 25.2. The first-order valence-corrected chi connectivity index (χ1v) is 7.18. The van der Waals surface area contributed by atoms with Crippen molar-refractivity contribution in [3.05, 3.63) is 41.5 Å². The number of benzene rings is 1. The molecule has 0 aliphatic carbocycles. The molecular formula is C15H17N3O2. The number of hydrogen-bond donors (Lipinski definition) is 1. The summed E-state index contributed by atoms with van der Waals surface area (Å²) >= 11 is 0. The Morgan fingerprint density at radius 3 is 3.05 bits per heavy atom. The zero-order chi connectivity index (χ0) is 13.4. The first-order chi connectivity index (χ1) is 9.92. The highest BCUT2D eigenvalue weighted by Crippen LogP contribution is 2.37. The summed E-state index contributed by atoms with van der Waals surface area (Å²) in [5, 5.41) is 7.54. The Bertz CT molecular complexity index is 605. The van der Waals surface area contributed by atoms with Crippen LogP contribution in [0.1, 0.15) is 42.0 Å². The van der Waals surface area contributed by atoms with E-state index in [4.69, 9.17) is 9.26 Å². The van der Waals surface area contributed by atoms with E-state index in [1.807, 2.05) is 18.2 Å². The van der Waals surface area contributed by atoms with Crippen LogP contribution >= 0.6 is 0 Å². The number of nitrogens with zero attached hydrogens (tertiary/aromatic N) is 2. The third-order valence-electron chi connectivity index (χ3n) is 4.14. The predicted octanol–water partition coefficient (Wildman–Crippen LogP) is 2.06. The third kappa shape index (κ3) is 1.98. The van der Waals surface area contributed by atoms with Gasteiger partial charge in [0.25, 0.3) is 0 Å². The van der Waals surface area contributed by atoms with Crippen LogP contribution < -0.4 is 10.1 Å². The molecule has 2 atom stereocenters. The zero-order valence-electron chi connectivity index (χ0n) is 11.2. The maximum Gasteiger partial charge on any atom is 0.231 e. The van der Waals surface area contributed by atoms with E-state index in [0.29, 0.717) is 12.5 Å². The van der Waals surface area contributed by atoms with Crippen molar-refractivity contribution < 1.29 is 9.26 Å². The van der Waals surface area contributed by atoms with Crippen LogP contribution in [0, 0.1) is 0 Å². The molecule has 3 heterocycles. The molecular weight excluding hydrogens is 254 g/mol. The maximum absolute atomic E-state index is 5.69. The van der Waals surface area contributed by atoms with E-state index in [1.54, 1.807) is 0 Å². The fourth-order valence-electron chi connectivity index (χ4n) is 3.03. The summed E-state index contributed by atoms with van der Waals surface area (Å²) in [5.41, 5.74) is 1.16. The Labute approximate surface area is 117 Å². The summed E-state index contributed by atoms with van der Waals surface area (Å²) < 4.78 is 11.2. The van der Waals surface area contributed by atoms with Crippen molar-refractivity contribution in [2.45, 2.75) is 24.7 Å². The Morgan fingerprint density at radius 2 is 2.15 bits per heavy atom. The largest absolute Gasteiger partial charge is 0.493 e. The van der Waals surface area contributed by atoms with Gasteiger partial charge >= 0.3 is 0 Å². The second-order valence-electron chi connectivity index (χ2n) is 5.41. The fraction of sp³-hybridized carbons (Fsp3) is 0.467. The number of aromatic nitrogens is 2. The van der Waals surface area contributed by atoms with E-state index in [1.165, 1.54) is 0 Å². The van der Waals surface area contributed by atoms with Crippen LogP contribution in [0.25, 0.3) is 0 Å². The third-order valence-corrected chi connectivity index (χ3v) is 4.14. The number of fused-ring (bicyclic) bond motifs is 1. The van der Waals surface area contributed by atoms with Gasteiger partial charge in [-0.05, 0) is 25.5 Å². The quantitative estimate of drug-likeness (QED) is 0.906. The van der Waals surface area contributed by atoms with Gasteiger partial charge in [0.05, 0.1) is 18.4 Å². The first-order valence-electron chi connectivity index (χ1n) is 7.18. The average Bonchev–Trinajstić information content (AvgIpc) is 3.17. The van der Waals surface area contributed by atoms with Gasteiger partial charge in [0.2, 0.25) is 5.89 Å². The van der Waals surface area contributed by atoms with Gasteiger partial charge in [0, 0.05) is 12.1 Å². The molecule has 1 fully saturated rings. The molecule has 0 bridgehead atoms. The second kappa shape index (κ2) is 4.90. The molecule has 1 saturated heterocycles. The van der Waals surface area contributed by atoms with Gasteiger partial charge in [0.1, 0.15) is 5.75 Å². The van der Waals surface area contributed by atoms with Gasteiger partial charge in [-0.25, -0.2) is 0 Å². The van der Waals surface area contributed by atoms with Crippen molar-refractivity contribution in [3.8, 4) is 5.75 Å². The van der Waals surface area contributed by atoms with Crippen molar-refractivity contribution in [1.29, 1.82) is 0 Å². The molecule has 2 aliphatic rings. The van der Waals surface area contributed by atoms with E-state index >= 15 is 0 Å². The second-order valence-corrected chi connectivity index (χ2v) is 5.41. The summed E-state index contributed by atoms with van der Waals surface area (Å²) in [7, 11) is 0. The van der Waals surface area contributed by atoms with Gasteiger partial charge in [-0.15, -0.1) is 0 Å². The van der Waals surface area contributed by atoms with Gasteiger partial charge in [0.15, 0.2) is 5.82 Å². The van der Waals surface area contributed by atoms with Gasteiger partial charge in [-0.1, -0.05) is 23.4 Å². The van der Waals surface area contributed by atoms with Crippen LogP contribution in [0.4, 0.5) is 0 Å². The number of para-hydroxylation sites is 1. The molecule has 0 spiro atoms. The summed E-state index contributed by atoms with van der Waals surface area (Å²) in [6, 6.07) is 8.12. The number of rotatable bonds is 2. The van der Waals surface area contributed by atoms with Crippen LogP contribution in [0.15, 0.2) is 28.8 Å². The highest BCUT2D eigenvalue weighted by molar-refractivity contribution is 5.40. The van der Waals surface area contributed by atoms with Crippen LogP contribution in [0.2, 0.25) is 0 Å². The van der Waals surface area contributed by atoms with E-state index in [-0.39, 0.29) is 5.92 Å². The molecule has 1 aromatic heterocycles. The SMILES string of the molecule is c1ccc2c(c1)OCCC2c1noc(C2CCNC2)n1. The molecule has 0 saturated carbocycles. The highest BCUT2D eigenvalue weighted by atomic mass is 16.5. The lowest BCUT2D eigenvalue weighted by atomic mass is 9.92. The van der Waals surface area contributed by atoms with Crippen molar-refractivity contribution in [1.82, 2.24) is 15.5 Å². The molecule has 4 rings (SSSR count). The predicted molar refractivity (Wildman–Crippen MR) is 72.9 cm³/mol.